The van der Waals surface area contributed by atoms with E-state index in [4.69, 9.17) is 5.11 Å². The van der Waals surface area contributed by atoms with E-state index in [0.717, 1.165) is 0 Å². The summed E-state index contributed by atoms with van der Waals surface area (Å²) in [7, 11) is 0. The quantitative estimate of drug-likeness (QED) is 0.876. The maximum atomic E-state index is 12.4. The van der Waals surface area contributed by atoms with Crippen molar-refractivity contribution in [2.75, 3.05) is 6.54 Å². The molecule has 22 heavy (non-hydrogen) atoms. The summed E-state index contributed by atoms with van der Waals surface area (Å²) in [4.78, 5) is 24.5. The molecule has 1 aromatic carbocycles. The highest BCUT2D eigenvalue weighted by atomic mass is 19.3. The number of carbonyl (C=O) groups excluding carboxylic acids is 1. The zero-order chi connectivity index (χ0) is 17.0. The zero-order valence-corrected chi connectivity index (χ0v) is 12.9. The van der Waals surface area contributed by atoms with E-state index in [0.29, 0.717) is 11.1 Å². The largest absolute Gasteiger partial charge is 0.480 e. The van der Waals surface area contributed by atoms with Gasteiger partial charge in [0.2, 0.25) is 0 Å². The Kier molecular flexibility index (Phi) is 5.84. The topological polar surface area (TPSA) is 66.8 Å². The van der Waals surface area contributed by atoms with Crippen LogP contribution in [0.1, 0.15) is 35.3 Å². The summed E-state index contributed by atoms with van der Waals surface area (Å²) in [5.74, 6) is -1.55. The van der Waals surface area contributed by atoms with Crippen molar-refractivity contribution in [3.05, 3.63) is 28.8 Å². The Labute approximate surface area is 127 Å². The number of benzene rings is 1. The Morgan fingerprint density at radius 3 is 2.09 bits per heavy atom. The molecule has 122 valence electrons. The Hall–Kier alpha value is -2.18. The van der Waals surface area contributed by atoms with Crippen molar-refractivity contribution in [1.82, 2.24) is 4.90 Å². The fraction of sp³-hybridized carbons (Fsp3) is 0.467. The van der Waals surface area contributed by atoms with Crippen molar-refractivity contribution in [3.63, 3.8) is 0 Å². The molecule has 0 heterocycles. The normalized spacial score (nSPS) is 10.9. The molecular weight excluding hydrogens is 296 g/mol. The van der Waals surface area contributed by atoms with Gasteiger partial charge in [-0.15, -0.1) is 0 Å². The second-order valence-electron chi connectivity index (χ2n) is 5.24. The minimum Gasteiger partial charge on any atom is -0.480 e. The third-order valence-electron chi connectivity index (χ3n) is 3.10. The molecule has 7 heteroatoms. The van der Waals surface area contributed by atoms with Gasteiger partial charge in [0.05, 0.1) is 0 Å². The lowest BCUT2D eigenvalue weighted by Gasteiger charge is -2.25. The Balaban J connectivity index is 3.15. The van der Waals surface area contributed by atoms with Crippen molar-refractivity contribution in [3.8, 4) is 5.75 Å². The summed E-state index contributed by atoms with van der Waals surface area (Å²) in [6, 6.07) is 2.54. The van der Waals surface area contributed by atoms with Crippen molar-refractivity contribution >= 4 is 11.9 Å². The standard InChI is InChI=1S/C15H19F2NO4/c1-8(2)18(7-12(19)20)14(21)11-5-9(3)13(10(4)6-11)22-15(16)17/h5-6,8,15H,7H2,1-4H3,(H,19,20). The molecule has 1 amide bonds. The van der Waals surface area contributed by atoms with Gasteiger partial charge in [-0.05, 0) is 51.0 Å². The summed E-state index contributed by atoms with van der Waals surface area (Å²) >= 11 is 0. The first-order chi connectivity index (χ1) is 10.1. The van der Waals surface area contributed by atoms with Crippen LogP contribution >= 0.6 is 0 Å². The number of carboxylic acid groups (broad SMARTS) is 1. The highest BCUT2D eigenvalue weighted by Gasteiger charge is 2.23. The van der Waals surface area contributed by atoms with Gasteiger partial charge in [0.15, 0.2) is 0 Å². The first kappa shape index (κ1) is 17.9. The molecule has 1 rings (SSSR count). The van der Waals surface area contributed by atoms with E-state index >= 15 is 0 Å². The summed E-state index contributed by atoms with van der Waals surface area (Å²) in [6.45, 7) is 3.14. The molecule has 0 atom stereocenters. The molecular formula is C15H19F2NO4. The smallest absolute Gasteiger partial charge is 0.387 e. The van der Waals surface area contributed by atoms with Gasteiger partial charge in [-0.1, -0.05) is 0 Å². The van der Waals surface area contributed by atoms with E-state index in [9.17, 15) is 18.4 Å². The number of hydrogen-bond donors (Lipinski definition) is 1. The number of hydrogen-bond acceptors (Lipinski definition) is 3. The summed E-state index contributed by atoms with van der Waals surface area (Å²) < 4.78 is 29.1. The van der Waals surface area contributed by atoms with E-state index in [1.807, 2.05) is 0 Å². The minimum absolute atomic E-state index is 0.0286. The molecule has 0 aliphatic heterocycles. The number of nitrogens with zero attached hydrogens (tertiary/aromatic N) is 1. The van der Waals surface area contributed by atoms with Crippen molar-refractivity contribution in [2.45, 2.75) is 40.3 Å². The summed E-state index contributed by atoms with van der Waals surface area (Å²) in [5.41, 5.74) is 1.02. The summed E-state index contributed by atoms with van der Waals surface area (Å²) in [6.07, 6.45) is 0. The van der Waals surface area contributed by atoms with E-state index in [1.54, 1.807) is 27.7 Å². The molecule has 0 bridgehead atoms. The number of carboxylic acids is 1. The number of alkyl halides is 2. The predicted molar refractivity (Wildman–Crippen MR) is 76.4 cm³/mol. The van der Waals surface area contributed by atoms with Gasteiger partial charge in [0.1, 0.15) is 12.3 Å². The van der Waals surface area contributed by atoms with E-state index in [-0.39, 0.29) is 17.4 Å². The monoisotopic (exact) mass is 315 g/mol. The molecule has 0 aliphatic carbocycles. The van der Waals surface area contributed by atoms with Crippen LogP contribution in [0.25, 0.3) is 0 Å². The molecule has 5 nitrogen and oxygen atoms in total. The maximum Gasteiger partial charge on any atom is 0.387 e. The van der Waals surface area contributed by atoms with Crippen molar-refractivity contribution in [2.24, 2.45) is 0 Å². The fourth-order valence-corrected chi connectivity index (χ4v) is 2.15. The molecule has 1 aromatic rings. The van der Waals surface area contributed by atoms with Crippen LogP contribution in [0, 0.1) is 13.8 Å². The van der Waals surface area contributed by atoms with Gasteiger partial charge in [-0.3, -0.25) is 9.59 Å². The third kappa shape index (κ3) is 4.41. The van der Waals surface area contributed by atoms with Crippen LogP contribution < -0.4 is 4.74 Å². The zero-order valence-electron chi connectivity index (χ0n) is 12.9. The van der Waals surface area contributed by atoms with Gasteiger partial charge in [0, 0.05) is 11.6 Å². The lowest BCUT2D eigenvalue weighted by atomic mass is 10.0. The Morgan fingerprint density at radius 1 is 1.23 bits per heavy atom. The molecule has 0 spiro atoms. The molecule has 0 aliphatic rings. The van der Waals surface area contributed by atoms with Crippen molar-refractivity contribution < 1.29 is 28.2 Å². The maximum absolute atomic E-state index is 12.4. The predicted octanol–water partition coefficient (Wildman–Crippen LogP) is 2.84. The Bertz CT molecular complexity index is 550. The number of aliphatic carboxylic acids is 1. The molecule has 1 N–H and O–H groups in total. The van der Waals surface area contributed by atoms with E-state index in [2.05, 4.69) is 4.74 Å². The van der Waals surface area contributed by atoms with Gasteiger partial charge in [0.25, 0.3) is 5.91 Å². The first-order valence-corrected chi connectivity index (χ1v) is 6.72. The average Bonchev–Trinajstić information content (AvgIpc) is 2.38. The molecule has 0 saturated heterocycles. The molecule has 0 aromatic heterocycles. The highest BCUT2D eigenvalue weighted by molar-refractivity contribution is 5.96. The van der Waals surface area contributed by atoms with Crippen LogP contribution in [0.3, 0.4) is 0 Å². The number of ether oxygens (including phenoxy) is 1. The molecule has 0 unspecified atom stereocenters. The van der Waals surface area contributed by atoms with Crippen LogP contribution in [-0.2, 0) is 4.79 Å². The van der Waals surface area contributed by atoms with Gasteiger partial charge >= 0.3 is 12.6 Å². The number of carbonyl (C=O) groups is 2. The molecule has 0 fully saturated rings. The van der Waals surface area contributed by atoms with Crippen molar-refractivity contribution in [1.29, 1.82) is 0 Å². The van der Waals surface area contributed by atoms with Gasteiger partial charge in [-0.2, -0.15) is 8.78 Å². The molecule has 0 saturated carbocycles. The van der Waals surface area contributed by atoms with Crippen LogP contribution in [0.2, 0.25) is 0 Å². The van der Waals surface area contributed by atoms with E-state index in [1.165, 1.54) is 17.0 Å². The average molecular weight is 315 g/mol. The van der Waals surface area contributed by atoms with Gasteiger partial charge in [-0.25, -0.2) is 0 Å². The Morgan fingerprint density at radius 2 is 1.73 bits per heavy atom. The second kappa shape index (κ2) is 7.20. The van der Waals surface area contributed by atoms with Crippen LogP contribution in [-0.4, -0.2) is 41.1 Å². The highest BCUT2D eigenvalue weighted by Crippen LogP contribution is 2.27. The SMILES string of the molecule is Cc1cc(C(=O)N(CC(=O)O)C(C)C)cc(C)c1OC(F)F. The van der Waals surface area contributed by atoms with E-state index < -0.39 is 25.0 Å². The number of halogens is 2. The number of rotatable bonds is 6. The first-order valence-electron chi connectivity index (χ1n) is 6.72. The number of aryl methyl sites for hydroxylation is 2. The van der Waals surface area contributed by atoms with Crippen LogP contribution in [0.15, 0.2) is 12.1 Å². The number of amides is 1. The van der Waals surface area contributed by atoms with Crippen LogP contribution in [0.4, 0.5) is 8.78 Å². The summed E-state index contributed by atoms with van der Waals surface area (Å²) in [5, 5.41) is 8.88. The second-order valence-corrected chi connectivity index (χ2v) is 5.24. The fourth-order valence-electron chi connectivity index (χ4n) is 2.15. The van der Waals surface area contributed by atoms with Gasteiger partial charge < -0.3 is 14.7 Å². The molecule has 0 radical (unpaired) electrons. The third-order valence-corrected chi connectivity index (χ3v) is 3.10. The lowest BCUT2D eigenvalue weighted by molar-refractivity contribution is -0.138. The van der Waals surface area contributed by atoms with Crippen LogP contribution in [0.5, 0.6) is 5.75 Å². The lowest BCUT2D eigenvalue weighted by Crippen LogP contribution is -2.40. The minimum atomic E-state index is -2.95.